The summed E-state index contributed by atoms with van der Waals surface area (Å²) in [5.41, 5.74) is 1.81. The maximum Gasteiger partial charge on any atom is 0.337 e. The number of methoxy groups -OCH3 is 1. The third-order valence-electron chi connectivity index (χ3n) is 5.02. The van der Waals surface area contributed by atoms with Gasteiger partial charge in [-0.25, -0.2) is 14.5 Å². The van der Waals surface area contributed by atoms with Crippen molar-refractivity contribution >= 4 is 47.2 Å². The van der Waals surface area contributed by atoms with Crippen LogP contribution in [0.3, 0.4) is 0 Å². The summed E-state index contributed by atoms with van der Waals surface area (Å²) in [7, 11) is 1.30. The number of anilines is 1. The van der Waals surface area contributed by atoms with Crippen molar-refractivity contribution in [1.82, 2.24) is 5.32 Å². The number of esters is 1. The Labute approximate surface area is 193 Å². The molecule has 4 amide bonds. The fraction of sp³-hybridized carbons (Fsp3) is 0.0833. The highest BCUT2D eigenvalue weighted by atomic mass is 35.5. The summed E-state index contributed by atoms with van der Waals surface area (Å²) in [6, 6.07) is 13.6. The maximum atomic E-state index is 13.0. The largest absolute Gasteiger partial charge is 0.465 e. The number of hydrogen-bond acceptors (Lipinski definition) is 6. The molecule has 1 fully saturated rings. The summed E-state index contributed by atoms with van der Waals surface area (Å²) in [5, 5.41) is 2.53. The van der Waals surface area contributed by atoms with E-state index in [1.54, 1.807) is 55.5 Å². The van der Waals surface area contributed by atoms with Crippen molar-refractivity contribution in [3.8, 4) is 11.3 Å². The molecule has 1 aromatic heterocycles. The Bertz CT molecular complexity index is 1320. The Balaban J connectivity index is 1.63. The number of aryl methyl sites for hydroxylation is 1. The van der Waals surface area contributed by atoms with Crippen LogP contribution in [0.5, 0.6) is 0 Å². The lowest BCUT2D eigenvalue weighted by Gasteiger charge is -2.26. The number of halogens is 1. The van der Waals surface area contributed by atoms with Gasteiger partial charge in [-0.2, -0.15) is 0 Å². The summed E-state index contributed by atoms with van der Waals surface area (Å²) in [6.07, 6.45) is 1.26. The number of barbiturate groups is 1. The zero-order chi connectivity index (χ0) is 23.7. The quantitative estimate of drug-likeness (QED) is 0.349. The van der Waals surface area contributed by atoms with Crippen LogP contribution in [-0.4, -0.2) is 30.9 Å². The van der Waals surface area contributed by atoms with Gasteiger partial charge in [0.05, 0.1) is 18.4 Å². The minimum Gasteiger partial charge on any atom is -0.465 e. The Kier molecular flexibility index (Phi) is 5.85. The highest BCUT2D eigenvalue weighted by molar-refractivity contribution is 6.39. The monoisotopic (exact) mass is 464 g/mol. The SMILES string of the molecule is COC(=O)c1ccc(-c2ccc(C=C3C(=O)NC(=O)N(c4ccc(C)c(Cl)c4)C3=O)o2)cc1. The van der Waals surface area contributed by atoms with Crippen LogP contribution < -0.4 is 10.2 Å². The summed E-state index contributed by atoms with van der Waals surface area (Å²) in [4.78, 5) is 50.1. The molecule has 0 spiro atoms. The molecule has 4 rings (SSSR count). The molecule has 9 heteroatoms. The minimum atomic E-state index is -0.868. The number of carbonyl (C=O) groups excluding carboxylic acids is 4. The molecule has 8 nitrogen and oxygen atoms in total. The van der Waals surface area contributed by atoms with E-state index in [2.05, 4.69) is 10.1 Å². The summed E-state index contributed by atoms with van der Waals surface area (Å²) >= 11 is 6.13. The molecule has 2 heterocycles. The Morgan fingerprint density at radius 1 is 1.06 bits per heavy atom. The Morgan fingerprint density at radius 3 is 2.45 bits per heavy atom. The van der Waals surface area contributed by atoms with Crippen molar-refractivity contribution in [2.75, 3.05) is 12.0 Å². The summed E-state index contributed by atoms with van der Waals surface area (Å²) < 4.78 is 10.4. The van der Waals surface area contributed by atoms with Gasteiger partial charge in [-0.3, -0.25) is 14.9 Å². The van der Waals surface area contributed by atoms with E-state index in [1.807, 2.05) is 0 Å². The number of carbonyl (C=O) groups is 4. The molecule has 0 bridgehead atoms. The van der Waals surface area contributed by atoms with Crippen molar-refractivity contribution in [2.24, 2.45) is 0 Å². The first kappa shape index (κ1) is 22.0. The number of urea groups is 1. The number of amides is 4. The smallest absolute Gasteiger partial charge is 0.337 e. The van der Waals surface area contributed by atoms with Gasteiger partial charge in [0.25, 0.3) is 11.8 Å². The van der Waals surface area contributed by atoms with Gasteiger partial charge in [0.2, 0.25) is 0 Å². The van der Waals surface area contributed by atoms with Crippen molar-refractivity contribution < 1.29 is 28.3 Å². The van der Waals surface area contributed by atoms with Crippen LogP contribution in [0.4, 0.5) is 10.5 Å². The number of hydrogen-bond donors (Lipinski definition) is 1. The van der Waals surface area contributed by atoms with Gasteiger partial charge < -0.3 is 9.15 Å². The van der Waals surface area contributed by atoms with E-state index in [0.717, 1.165) is 10.5 Å². The lowest BCUT2D eigenvalue weighted by Crippen LogP contribution is -2.54. The van der Waals surface area contributed by atoms with Crippen LogP contribution in [0.25, 0.3) is 17.4 Å². The normalized spacial score (nSPS) is 15.1. The van der Waals surface area contributed by atoms with Crippen molar-refractivity contribution in [1.29, 1.82) is 0 Å². The highest BCUT2D eigenvalue weighted by Gasteiger charge is 2.37. The standard InChI is InChI=1S/C24H17ClN2O6/c1-13-3-8-16(11-19(13)25)27-22(29)18(21(28)26-24(27)31)12-17-9-10-20(33-17)14-4-6-15(7-5-14)23(30)32-2/h3-12H,1-2H3,(H,26,28,31). The summed E-state index contributed by atoms with van der Waals surface area (Å²) in [6.45, 7) is 1.79. The van der Waals surface area contributed by atoms with E-state index in [4.69, 9.17) is 16.0 Å². The van der Waals surface area contributed by atoms with Crippen LogP contribution in [0, 0.1) is 6.92 Å². The third kappa shape index (κ3) is 4.28. The van der Waals surface area contributed by atoms with Gasteiger partial charge in [-0.15, -0.1) is 0 Å². The molecule has 166 valence electrons. The molecule has 2 aromatic carbocycles. The van der Waals surface area contributed by atoms with Gasteiger partial charge in [0.15, 0.2) is 0 Å². The molecule has 0 radical (unpaired) electrons. The molecule has 0 aliphatic carbocycles. The third-order valence-corrected chi connectivity index (χ3v) is 5.43. The van der Waals surface area contributed by atoms with Crippen LogP contribution in [0.15, 0.2) is 64.6 Å². The second-order valence-electron chi connectivity index (χ2n) is 7.16. The average molecular weight is 465 g/mol. The molecule has 0 unspecified atom stereocenters. The number of nitrogens with one attached hydrogen (secondary N) is 1. The van der Waals surface area contributed by atoms with E-state index >= 15 is 0 Å². The molecule has 1 aliphatic heterocycles. The molecule has 1 saturated heterocycles. The second kappa shape index (κ2) is 8.76. The maximum absolute atomic E-state index is 13.0. The fourth-order valence-electron chi connectivity index (χ4n) is 3.23. The topological polar surface area (TPSA) is 106 Å². The minimum absolute atomic E-state index is 0.233. The van der Waals surface area contributed by atoms with Crippen molar-refractivity contribution in [3.05, 3.63) is 82.1 Å². The molecular formula is C24H17ClN2O6. The lowest BCUT2D eigenvalue weighted by molar-refractivity contribution is -0.122. The highest BCUT2D eigenvalue weighted by Crippen LogP contribution is 2.28. The van der Waals surface area contributed by atoms with Crippen LogP contribution in [0.1, 0.15) is 21.7 Å². The fourth-order valence-corrected chi connectivity index (χ4v) is 3.40. The Hall–Kier alpha value is -4.17. The molecule has 0 atom stereocenters. The zero-order valence-electron chi connectivity index (χ0n) is 17.5. The van der Waals surface area contributed by atoms with Crippen LogP contribution in [0.2, 0.25) is 5.02 Å². The number of furan rings is 1. The second-order valence-corrected chi connectivity index (χ2v) is 7.57. The number of ether oxygens (including phenoxy) is 1. The average Bonchev–Trinajstić information content (AvgIpc) is 3.27. The molecule has 1 aliphatic rings. The molecular weight excluding hydrogens is 448 g/mol. The van der Waals surface area contributed by atoms with E-state index in [0.29, 0.717) is 21.9 Å². The van der Waals surface area contributed by atoms with Gasteiger partial charge in [0, 0.05) is 10.6 Å². The first-order valence-electron chi connectivity index (χ1n) is 9.74. The van der Waals surface area contributed by atoms with Gasteiger partial charge in [-0.05, 0) is 55.0 Å². The van der Waals surface area contributed by atoms with Gasteiger partial charge in [-0.1, -0.05) is 29.8 Å². The lowest BCUT2D eigenvalue weighted by atomic mass is 10.1. The zero-order valence-corrected chi connectivity index (χ0v) is 18.3. The number of benzene rings is 2. The number of rotatable bonds is 4. The predicted octanol–water partition coefficient (Wildman–Crippen LogP) is 4.36. The van der Waals surface area contributed by atoms with Crippen molar-refractivity contribution in [2.45, 2.75) is 6.92 Å². The predicted molar refractivity (Wildman–Crippen MR) is 121 cm³/mol. The van der Waals surface area contributed by atoms with Crippen LogP contribution in [-0.2, 0) is 14.3 Å². The van der Waals surface area contributed by atoms with Crippen LogP contribution >= 0.6 is 11.6 Å². The van der Waals surface area contributed by atoms with Gasteiger partial charge in [0.1, 0.15) is 17.1 Å². The van der Waals surface area contributed by atoms with E-state index in [9.17, 15) is 19.2 Å². The molecule has 3 aromatic rings. The van der Waals surface area contributed by atoms with Crippen molar-refractivity contribution in [3.63, 3.8) is 0 Å². The molecule has 33 heavy (non-hydrogen) atoms. The first-order chi connectivity index (χ1) is 15.8. The first-order valence-corrected chi connectivity index (χ1v) is 10.1. The summed E-state index contributed by atoms with van der Waals surface area (Å²) in [5.74, 6) is -1.40. The number of imide groups is 2. The van der Waals surface area contributed by atoms with E-state index < -0.39 is 23.8 Å². The van der Waals surface area contributed by atoms with Gasteiger partial charge >= 0.3 is 12.0 Å². The van der Waals surface area contributed by atoms with E-state index in [1.165, 1.54) is 19.3 Å². The molecule has 1 N–H and O–H groups in total. The molecule has 0 saturated carbocycles. The van der Waals surface area contributed by atoms with E-state index in [-0.39, 0.29) is 17.0 Å². The number of nitrogens with zero attached hydrogens (tertiary/aromatic N) is 1. The Morgan fingerprint density at radius 2 is 1.79 bits per heavy atom.